The number of aryl methyl sites for hydroxylation is 1. The smallest absolute Gasteiger partial charge is 0.146 e. The Kier molecular flexibility index (Phi) is 4.65. The maximum atomic E-state index is 6.00. The molecule has 0 aliphatic carbocycles. The summed E-state index contributed by atoms with van der Waals surface area (Å²) in [6.07, 6.45) is 2.18. The topological polar surface area (TPSA) is 21.3 Å². The average Bonchev–Trinajstić information content (AvgIpc) is 2.90. The molecule has 0 spiro atoms. The number of para-hydroxylation sites is 1. The van der Waals surface area contributed by atoms with Gasteiger partial charge in [0.15, 0.2) is 0 Å². The summed E-state index contributed by atoms with van der Waals surface area (Å²) >= 11 is 1.73. The molecule has 2 aromatic rings. The van der Waals surface area contributed by atoms with Gasteiger partial charge in [-0.15, -0.1) is 11.3 Å². The number of benzene rings is 1. The van der Waals surface area contributed by atoms with E-state index in [-0.39, 0.29) is 0 Å². The van der Waals surface area contributed by atoms with Gasteiger partial charge in [0, 0.05) is 11.9 Å². The SMILES string of the molecule is CCCc1cccc(NC)c1OCc1cccs1. The van der Waals surface area contributed by atoms with E-state index in [9.17, 15) is 0 Å². The van der Waals surface area contributed by atoms with Crippen molar-refractivity contribution in [3.05, 3.63) is 46.2 Å². The van der Waals surface area contributed by atoms with E-state index in [2.05, 4.69) is 48.0 Å². The highest BCUT2D eigenvalue weighted by Crippen LogP contribution is 2.30. The molecule has 0 atom stereocenters. The largest absolute Gasteiger partial charge is 0.486 e. The van der Waals surface area contributed by atoms with Gasteiger partial charge in [0.2, 0.25) is 0 Å². The summed E-state index contributed by atoms with van der Waals surface area (Å²) in [5.41, 5.74) is 2.35. The van der Waals surface area contributed by atoms with Gasteiger partial charge in [-0.05, 0) is 29.5 Å². The molecule has 2 rings (SSSR count). The Morgan fingerprint density at radius 1 is 1.22 bits per heavy atom. The molecule has 0 amide bonds. The molecule has 0 saturated heterocycles. The first-order valence-corrected chi connectivity index (χ1v) is 7.18. The van der Waals surface area contributed by atoms with Crippen molar-refractivity contribution in [2.45, 2.75) is 26.4 Å². The van der Waals surface area contributed by atoms with Crippen molar-refractivity contribution in [3.63, 3.8) is 0 Å². The first-order chi connectivity index (χ1) is 8.85. The van der Waals surface area contributed by atoms with Crippen LogP contribution >= 0.6 is 11.3 Å². The first kappa shape index (κ1) is 13.0. The summed E-state index contributed by atoms with van der Waals surface area (Å²) in [6, 6.07) is 10.4. The van der Waals surface area contributed by atoms with Crippen molar-refractivity contribution in [1.82, 2.24) is 0 Å². The van der Waals surface area contributed by atoms with Crippen LogP contribution in [0, 0.1) is 0 Å². The highest BCUT2D eigenvalue weighted by molar-refractivity contribution is 7.09. The molecule has 18 heavy (non-hydrogen) atoms. The van der Waals surface area contributed by atoms with Gasteiger partial charge < -0.3 is 10.1 Å². The van der Waals surface area contributed by atoms with E-state index in [1.807, 2.05) is 7.05 Å². The van der Waals surface area contributed by atoms with Crippen LogP contribution in [-0.4, -0.2) is 7.05 Å². The van der Waals surface area contributed by atoms with Gasteiger partial charge in [-0.3, -0.25) is 0 Å². The quantitative estimate of drug-likeness (QED) is 0.836. The second-order valence-electron chi connectivity index (χ2n) is 4.16. The second kappa shape index (κ2) is 6.45. The predicted octanol–water partition coefficient (Wildman–Crippen LogP) is 4.32. The van der Waals surface area contributed by atoms with Crippen LogP contribution in [0.3, 0.4) is 0 Å². The monoisotopic (exact) mass is 261 g/mol. The zero-order valence-corrected chi connectivity index (χ0v) is 11.7. The molecular formula is C15H19NOS. The van der Waals surface area contributed by atoms with Crippen LogP contribution in [0.2, 0.25) is 0 Å². The molecule has 0 aliphatic heterocycles. The third-order valence-electron chi connectivity index (χ3n) is 2.82. The highest BCUT2D eigenvalue weighted by Gasteiger charge is 2.08. The van der Waals surface area contributed by atoms with Crippen LogP contribution in [0.1, 0.15) is 23.8 Å². The van der Waals surface area contributed by atoms with Crippen molar-refractivity contribution in [3.8, 4) is 5.75 Å². The summed E-state index contributed by atoms with van der Waals surface area (Å²) in [6.45, 7) is 2.84. The number of hydrogen-bond acceptors (Lipinski definition) is 3. The van der Waals surface area contributed by atoms with Crippen molar-refractivity contribution in [1.29, 1.82) is 0 Å². The summed E-state index contributed by atoms with van der Waals surface area (Å²) in [7, 11) is 1.93. The molecule has 96 valence electrons. The number of thiophene rings is 1. The number of hydrogen-bond donors (Lipinski definition) is 1. The molecule has 1 aromatic heterocycles. The van der Waals surface area contributed by atoms with Crippen molar-refractivity contribution < 1.29 is 4.74 Å². The number of rotatable bonds is 6. The summed E-state index contributed by atoms with van der Waals surface area (Å²) in [4.78, 5) is 1.25. The van der Waals surface area contributed by atoms with Gasteiger partial charge in [-0.2, -0.15) is 0 Å². The number of anilines is 1. The molecule has 1 heterocycles. The summed E-state index contributed by atoms with van der Waals surface area (Å²) in [5, 5.41) is 5.28. The lowest BCUT2D eigenvalue weighted by Gasteiger charge is -2.15. The Bertz CT molecular complexity index is 479. The average molecular weight is 261 g/mol. The van der Waals surface area contributed by atoms with Crippen molar-refractivity contribution in [2.24, 2.45) is 0 Å². The second-order valence-corrected chi connectivity index (χ2v) is 5.19. The molecule has 0 bridgehead atoms. The Hall–Kier alpha value is -1.48. The van der Waals surface area contributed by atoms with Gasteiger partial charge >= 0.3 is 0 Å². The highest BCUT2D eigenvalue weighted by atomic mass is 32.1. The third kappa shape index (κ3) is 3.05. The fourth-order valence-electron chi connectivity index (χ4n) is 1.96. The zero-order chi connectivity index (χ0) is 12.8. The Balaban J connectivity index is 2.18. The van der Waals surface area contributed by atoms with Crippen LogP contribution in [-0.2, 0) is 13.0 Å². The molecule has 0 unspecified atom stereocenters. The molecule has 0 radical (unpaired) electrons. The van der Waals surface area contributed by atoms with E-state index < -0.39 is 0 Å². The molecule has 0 aliphatic rings. The maximum Gasteiger partial charge on any atom is 0.146 e. The molecule has 0 fully saturated rings. The number of nitrogens with one attached hydrogen (secondary N) is 1. The third-order valence-corrected chi connectivity index (χ3v) is 3.67. The van der Waals surface area contributed by atoms with E-state index in [1.54, 1.807) is 11.3 Å². The zero-order valence-electron chi connectivity index (χ0n) is 10.9. The normalized spacial score (nSPS) is 10.3. The first-order valence-electron chi connectivity index (χ1n) is 6.30. The minimum atomic E-state index is 0.646. The van der Waals surface area contributed by atoms with Crippen LogP contribution in [0.15, 0.2) is 35.7 Å². The van der Waals surface area contributed by atoms with Crippen LogP contribution < -0.4 is 10.1 Å². The lowest BCUT2D eigenvalue weighted by Crippen LogP contribution is -2.01. The Labute approximate surface area is 113 Å². The summed E-state index contributed by atoms with van der Waals surface area (Å²) in [5.74, 6) is 0.996. The van der Waals surface area contributed by atoms with E-state index in [4.69, 9.17) is 4.74 Å². The lowest BCUT2D eigenvalue weighted by atomic mass is 10.1. The molecule has 0 saturated carbocycles. The minimum Gasteiger partial charge on any atom is -0.486 e. The maximum absolute atomic E-state index is 6.00. The van der Waals surface area contributed by atoms with E-state index in [0.717, 1.165) is 24.3 Å². The van der Waals surface area contributed by atoms with Gasteiger partial charge in [-0.25, -0.2) is 0 Å². The van der Waals surface area contributed by atoms with Crippen LogP contribution in [0.25, 0.3) is 0 Å². The molecule has 2 nitrogen and oxygen atoms in total. The van der Waals surface area contributed by atoms with Crippen molar-refractivity contribution >= 4 is 17.0 Å². The Morgan fingerprint density at radius 2 is 2.11 bits per heavy atom. The molecular weight excluding hydrogens is 242 g/mol. The van der Waals surface area contributed by atoms with E-state index in [0.29, 0.717) is 6.61 Å². The molecule has 1 N–H and O–H groups in total. The van der Waals surface area contributed by atoms with Crippen LogP contribution in [0.5, 0.6) is 5.75 Å². The van der Waals surface area contributed by atoms with Gasteiger partial charge in [-0.1, -0.05) is 31.5 Å². The van der Waals surface area contributed by atoms with Gasteiger partial charge in [0.25, 0.3) is 0 Å². The molecule has 1 aromatic carbocycles. The number of ether oxygens (including phenoxy) is 1. The fraction of sp³-hybridized carbons (Fsp3) is 0.333. The fourth-order valence-corrected chi connectivity index (χ4v) is 2.57. The van der Waals surface area contributed by atoms with Gasteiger partial charge in [0.1, 0.15) is 12.4 Å². The predicted molar refractivity (Wildman–Crippen MR) is 78.6 cm³/mol. The van der Waals surface area contributed by atoms with Gasteiger partial charge in [0.05, 0.1) is 5.69 Å². The Morgan fingerprint density at radius 3 is 2.78 bits per heavy atom. The van der Waals surface area contributed by atoms with E-state index in [1.165, 1.54) is 10.4 Å². The van der Waals surface area contributed by atoms with Crippen LogP contribution in [0.4, 0.5) is 5.69 Å². The van der Waals surface area contributed by atoms with E-state index >= 15 is 0 Å². The minimum absolute atomic E-state index is 0.646. The standard InChI is InChI=1S/C15H19NOS/c1-3-6-12-7-4-9-14(16-2)15(12)17-11-13-8-5-10-18-13/h4-5,7-10,16H,3,6,11H2,1-2H3. The molecule has 3 heteroatoms. The van der Waals surface area contributed by atoms with Crippen molar-refractivity contribution in [2.75, 3.05) is 12.4 Å². The lowest BCUT2D eigenvalue weighted by molar-refractivity contribution is 0.308. The summed E-state index contributed by atoms with van der Waals surface area (Å²) < 4.78 is 6.00.